The van der Waals surface area contributed by atoms with Crippen LogP contribution in [0.15, 0.2) is 51.9 Å². The Hall–Kier alpha value is -3.17. The number of halogens is 3. The average molecular weight is 437 g/mol. The van der Waals surface area contributed by atoms with E-state index in [0.717, 1.165) is 24.8 Å². The molecule has 7 nitrogen and oxygen atoms in total. The lowest BCUT2D eigenvalue weighted by atomic mass is 10.1. The topological polar surface area (TPSA) is 80.5 Å². The number of hydrogen-bond acceptors (Lipinski definition) is 6. The summed E-state index contributed by atoms with van der Waals surface area (Å²) in [6, 6.07) is 7.42. The van der Waals surface area contributed by atoms with Crippen molar-refractivity contribution >= 4 is 17.3 Å². The minimum atomic E-state index is -4.45. The lowest BCUT2D eigenvalue weighted by Gasteiger charge is -2.13. The number of nitrogens with zero attached hydrogens (tertiary/aromatic N) is 4. The molecule has 0 saturated heterocycles. The molecule has 0 aliphatic rings. The number of benzene rings is 1. The van der Waals surface area contributed by atoms with Crippen LogP contribution in [0.2, 0.25) is 0 Å². The second-order valence-corrected chi connectivity index (χ2v) is 6.52. The fourth-order valence-electron chi connectivity index (χ4n) is 2.38. The molecule has 1 atom stereocenters. The van der Waals surface area contributed by atoms with E-state index in [0.29, 0.717) is 36.2 Å². The van der Waals surface area contributed by atoms with Gasteiger partial charge in [0.2, 0.25) is 0 Å². The van der Waals surface area contributed by atoms with Gasteiger partial charge < -0.3 is 9.47 Å². The number of alkyl halides is 3. The monoisotopic (exact) mass is 437 g/mol. The van der Waals surface area contributed by atoms with E-state index in [2.05, 4.69) is 25.7 Å². The zero-order chi connectivity index (χ0) is 22.9. The normalized spacial score (nSPS) is 13.3. The maximum Gasteiger partial charge on any atom is 0.417 e. The van der Waals surface area contributed by atoms with Gasteiger partial charge in [-0.1, -0.05) is 13.8 Å². The van der Waals surface area contributed by atoms with E-state index in [1.54, 1.807) is 18.2 Å². The average Bonchev–Trinajstić information content (AvgIpc) is 2.75. The third-order valence-corrected chi connectivity index (χ3v) is 4.24. The van der Waals surface area contributed by atoms with E-state index in [1.807, 2.05) is 27.7 Å². The number of ether oxygens (including phenoxy) is 2. The smallest absolute Gasteiger partial charge is 0.417 e. The van der Waals surface area contributed by atoms with Crippen molar-refractivity contribution in [2.75, 3.05) is 18.6 Å². The molecule has 0 radical (unpaired) electrons. The van der Waals surface area contributed by atoms with Crippen molar-refractivity contribution in [3.63, 3.8) is 0 Å². The minimum Gasteiger partial charge on any atom is -0.494 e. The Morgan fingerprint density at radius 3 is 2.42 bits per heavy atom. The highest BCUT2D eigenvalue weighted by atomic mass is 19.4. The molecule has 0 spiro atoms. The molecule has 0 amide bonds. The SMILES string of the molecule is CCOc1ccc(OCC)c(NN=C(N=Nc2ccc(C(F)(F)F)cn2)C(C)CC)c1. The molecule has 0 aliphatic carbocycles. The summed E-state index contributed by atoms with van der Waals surface area (Å²) in [7, 11) is 0. The number of aromatic nitrogens is 1. The van der Waals surface area contributed by atoms with Crippen LogP contribution in [0.3, 0.4) is 0 Å². The molecule has 1 unspecified atom stereocenters. The van der Waals surface area contributed by atoms with Crippen LogP contribution in [0.1, 0.15) is 39.7 Å². The van der Waals surface area contributed by atoms with Crippen LogP contribution in [0, 0.1) is 5.92 Å². The van der Waals surface area contributed by atoms with E-state index in [-0.39, 0.29) is 11.7 Å². The molecule has 0 saturated carbocycles. The van der Waals surface area contributed by atoms with Crippen LogP contribution in [0.25, 0.3) is 0 Å². The largest absolute Gasteiger partial charge is 0.494 e. The van der Waals surface area contributed by atoms with Gasteiger partial charge in [-0.15, -0.1) is 10.2 Å². The predicted octanol–water partition coefficient (Wildman–Crippen LogP) is 6.45. The third-order valence-electron chi connectivity index (χ3n) is 4.24. The van der Waals surface area contributed by atoms with Gasteiger partial charge in [0.15, 0.2) is 11.7 Å². The number of hydrazone groups is 1. The van der Waals surface area contributed by atoms with Crippen molar-refractivity contribution in [2.24, 2.45) is 21.2 Å². The van der Waals surface area contributed by atoms with Gasteiger partial charge in [-0.2, -0.15) is 18.3 Å². The van der Waals surface area contributed by atoms with Gasteiger partial charge in [-0.25, -0.2) is 4.98 Å². The molecule has 1 aromatic heterocycles. The molecule has 1 heterocycles. The molecule has 1 N–H and O–H groups in total. The molecule has 0 aliphatic heterocycles. The first-order valence-corrected chi connectivity index (χ1v) is 9.96. The van der Waals surface area contributed by atoms with Gasteiger partial charge in [-0.05, 0) is 44.5 Å². The number of anilines is 1. The van der Waals surface area contributed by atoms with Crippen LogP contribution < -0.4 is 14.9 Å². The summed E-state index contributed by atoms with van der Waals surface area (Å²) < 4.78 is 49.1. The number of pyridine rings is 1. The van der Waals surface area contributed by atoms with Gasteiger partial charge in [0.05, 0.1) is 18.8 Å². The van der Waals surface area contributed by atoms with E-state index < -0.39 is 11.7 Å². The van der Waals surface area contributed by atoms with Gasteiger partial charge in [-0.3, -0.25) is 5.43 Å². The number of azo groups is 1. The van der Waals surface area contributed by atoms with Crippen LogP contribution in [-0.4, -0.2) is 24.0 Å². The fourth-order valence-corrected chi connectivity index (χ4v) is 2.38. The van der Waals surface area contributed by atoms with Crippen molar-refractivity contribution in [3.8, 4) is 11.5 Å². The van der Waals surface area contributed by atoms with Crippen LogP contribution in [0.4, 0.5) is 24.7 Å². The lowest BCUT2D eigenvalue weighted by molar-refractivity contribution is -0.137. The lowest BCUT2D eigenvalue weighted by Crippen LogP contribution is -2.10. The summed E-state index contributed by atoms with van der Waals surface area (Å²) in [5.74, 6) is 1.62. The van der Waals surface area contributed by atoms with Gasteiger partial charge in [0.1, 0.15) is 17.2 Å². The van der Waals surface area contributed by atoms with Gasteiger partial charge >= 0.3 is 6.18 Å². The van der Waals surface area contributed by atoms with E-state index in [9.17, 15) is 13.2 Å². The van der Waals surface area contributed by atoms with Crippen molar-refractivity contribution in [2.45, 2.75) is 40.3 Å². The van der Waals surface area contributed by atoms with E-state index in [4.69, 9.17) is 9.47 Å². The molecule has 2 rings (SSSR count). The summed E-state index contributed by atoms with van der Waals surface area (Å²) in [5.41, 5.74) is 2.69. The second-order valence-electron chi connectivity index (χ2n) is 6.52. The van der Waals surface area contributed by atoms with E-state index in [1.165, 1.54) is 0 Å². The molecule has 2 aromatic rings. The molecule has 31 heavy (non-hydrogen) atoms. The number of rotatable bonds is 9. The van der Waals surface area contributed by atoms with Gasteiger partial charge in [0, 0.05) is 18.2 Å². The van der Waals surface area contributed by atoms with Crippen LogP contribution in [-0.2, 0) is 6.18 Å². The summed E-state index contributed by atoms with van der Waals surface area (Å²) in [4.78, 5) is 3.70. The highest BCUT2D eigenvalue weighted by Crippen LogP contribution is 2.30. The van der Waals surface area contributed by atoms with Crippen molar-refractivity contribution < 1.29 is 22.6 Å². The summed E-state index contributed by atoms with van der Waals surface area (Å²) in [5, 5.41) is 12.4. The first-order chi connectivity index (χ1) is 14.8. The summed E-state index contributed by atoms with van der Waals surface area (Å²) in [6.07, 6.45) is -3.00. The zero-order valence-corrected chi connectivity index (χ0v) is 17.9. The van der Waals surface area contributed by atoms with Crippen molar-refractivity contribution in [1.82, 2.24) is 4.98 Å². The molecule has 10 heteroatoms. The first kappa shape index (κ1) is 24.1. The Labute approximate surface area is 179 Å². The highest BCUT2D eigenvalue weighted by Gasteiger charge is 2.30. The Kier molecular flexibility index (Phi) is 8.77. The Bertz CT molecular complexity index is 899. The van der Waals surface area contributed by atoms with Crippen molar-refractivity contribution in [1.29, 1.82) is 0 Å². The second kappa shape index (κ2) is 11.3. The highest BCUT2D eigenvalue weighted by molar-refractivity contribution is 5.85. The standard InChI is InChI=1S/C21H26F3N5O2/c1-5-14(4)20(29-27-19-11-8-15(13-25-19)21(22,23)24)28-26-17-12-16(30-6-2)9-10-18(17)31-7-3/h8-14,26H,5-7H2,1-4H3. The quantitative estimate of drug-likeness (QED) is 0.211. The maximum atomic E-state index is 12.7. The molecular weight excluding hydrogens is 411 g/mol. The predicted molar refractivity (Wildman–Crippen MR) is 113 cm³/mol. The minimum absolute atomic E-state index is 0.0531. The van der Waals surface area contributed by atoms with Gasteiger partial charge in [0.25, 0.3) is 0 Å². The summed E-state index contributed by atoms with van der Waals surface area (Å²) >= 11 is 0. The Balaban J connectivity index is 2.26. The molecule has 0 bridgehead atoms. The van der Waals surface area contributed by atoms with Crippen LogP contribution in [0.5, 0.6) is 11.5 Å². The number of amidine groups is 1. The fraction of sp³-hybridized carbons (Fsp3) is 0.429. The van der Waals surface area contributed by atoms with E-state index >= 15 is 0 Å². The Morgan fingerprint density at radius 1 is 1.10 bits per heavy atom. The Morgan fingerprint density at radius 2 is 1.84 bits per heavy atom. The maximum absolute atomic E-state index is 12.7. The number of nitrogens with one attached hydrogen (secondary N) is 1. The molecular formula is C21H26F3N5O2. The van der Waals surface area contributed by atoms with Crippen LogP contribution >= 0.6 is 0 Å². The third kappa shape index (κ3) is 7.23. The summed E-state index contributed by atoms with van der Waals surface area (Å²) in [6.45, 7) is 8.64. The molecule has 1 aromatic carbocycles. The zero-order valence-electron chi connectivity index (χ0n) is 17.9. The van der Waals surface area contributed by atoms with Crippen molar-refractivity contribution in [3.05, 3.63) is 42.1 Å². The molecule has 168 valence electrons. The molecule has 0 fully saturated rings. The number of hydrogen-bond donors (Lipinski definition) is 1. The first-order valence-electron chi connectivity index (χ1n) is 9.96.